The van der Waals surface area contributed by atoms with Gasteiger partial charge in [0.25, 0.3) is 11.6 Å². The summed E-state index contributed by atoms with van der Waals surface area (Å²) in [7, 11) is 0. The van der Waals surface area contributed by atoms with Crippen molar-refractivity contribution >= 4 is 34.9 Å². The van der Waals surface area contributed by atoms with E-state index in [1.165, 1.54) is 6.07 Å². The van der Waals surface area contributed by atoms with Gasteiger partial charge in [0.15, 0.2) is 6.61 Å². The number of halogens is 1. The van der Waals surface area contributed by atoms with E-state index in [1.807, 2.05) is 45.9 Å². The Morgan fingerprint density at radius 3 is 2.17 bits per heavy atom. The molecule has 0 heterocycles. The van der Waals surface area contributed by atoms with Crippen LogP contribution in [-0.4, -0.2) is 23.4 Å². The predicted octanol–water partition coefficient (Wildman–Crippen LogP) is 5.29. The van der Waals surface area contributed by atoms with Crippen LogP contribution < -0.4 is 5.32 Å². The molecule has 154 valence electrons. The normalized spacial score (nSPS) is 10.9. The molecule has 0 saturated carbocycles. The first kappa shape index (κ1) is 22.4. The number of benzene rings is 2. The van der Waals surface area contributed by atoms with Crippen LogP contribution in [0.1, 0.15) is 61.0 Å². The maximum atomic E-state index is 12.4. The van der Waals surface area contributed by atoms with Crippen molar-refractivity contribution in [2.75, 3.05) is 11.9 Å². The molecule has 8 heteroatoms. The molecule has 29 heavy (non-hydrogen) atoms. The van der Waals surface area contributed by atoms with Gasteiger partial charge in [0.1, 0.15) is 0 Å². The van der Waals surface area contributed by atoms with Crippen molar-refractivity contribution in [1.29, 1.82) is 0 Å². The molecule has 0 aliphatic heterocycles. The van der Waals surface area contributed by atoms with E-state index in [-0.39, 0.29) is 28.1 Å². The summed E-state index contributed by atoms with van der Waals surface area (Å²) in [4.78, 5) is 34.7. The van der Waals surface area contributed by atoms with Gasteiger partial charge in [-0.15, -0.1) is 0 Å². The monoisotopic (exact) mass is 418 g/mol. The highest BCUT2D eigenvalue weighted by Gasteiger charge is 2.19. The minimum atomic E-state index is -0.832. The molecule has 0 spiro atoms. The highest BCUT2D eigenvalue weighted by Crippen LogP contribution is 2.32. The summed E-state index contributed by atoms with van der Waals surface area (Å²) >= 11 is 5.92. The second kappa shape index (κ2) is 9.52. The summed E-state index contributed by atoms with van der Waals surface area (Å²) in [5.41, 5.74) is 2.43. The van der Waals surface area contributed by atoms with Crippen LogP contribution in [0.5, 0.6) is 0 Å². The minimum Gasteiger partial charge on any atom is -0.452 e. The number of anilines is 1. The molecule has 0 aromatic heterocycles. The zero-order valence-corrected chi connectivity index (χ0v) is 17.4. The summed E-state index contributed by atoms with van der Waals surface area (Å²) in [6, 6.07) is 9.27. The van der Waals surface area contributed by atoms with Crippen molar-refractivity contribution in [2.24, 2.45) is 0 Å². The summed E-state index contributed by atoms with van der Waals surface area (Å²) in [5.74, 6) is -0.913. The van der Waals surface area contributed by atoms with E-state index in [4.69, 9.17) is 16.3 Å². The Bertz CT molecular complexity index is 914. The molecule has 0 saturated heterocycles. The van der Waals surface area contributed by atoms with Crippen LogP contribution in [0.25, 0.3) is 0 Å². The topological polar surface area (TPSA) is 98.5 Å². The smallest absolute Gasteiger partial charge is 0.340 e. The SMILES string of the molecule is CC(C)c1cccc(C(C)C)c1NC(=O)COC(=O)c1ccc([N+](=O)[O-])cc1Cl. The van der Waals surface area contributed by atoms with Gasteiger partial charge in [0.2, 0.25) is 0 Å². The zero-order valence-electron chi connectivity index (χ0n) is 16.7. The average Bonchev–Trinajstić information content (AvgIpc) is 2.65. The number of amides is 1. The number of nitro benzene ring substituents is 1. The van der Waals surface area contributed by atoms with Crippen LogP contribution in [0.2, 0.25) is 5.02 Å². The summed E-state index contributed by atoms with van der Waals surface area (Å²) < 4.78 is 5.04. The van der Waals surface area contributed by atoms with E-state index in [1.54, 1.807) is 0 Å². The maximum absolute atomic E-state index is 12.4. The third-order valence-electron chi connectivity index (χ3n) is 4.36. The van der Waals surface area contributed by atoms with Crippen molar-refractivity contribution in [1.82, 2.24) is 0 Å². The van der Waals surface area contributed by atoms with E-state index in [9.17, 15) is 19.7 Å². The van der Waals surface area contributed by atoms with Gasteiger partial charge in [-0.2, -0.15) is 0 Å². The van der Waals surface area contributed by atoms with Crippen LogP contribution in [0.4, 0.5) is 11.4 Å². The number of hydrogen-bond acceptors (Lipinski definition) is 5. The summed E-state index contributed by atoms with van der Waals surface area (Å²) in [6.07, 6.45) is 0. The Kier molecular flexibility index (Phi) is 7.34. The first-order chi connectivity index (χ1) is 13.6. The van der Waals surface area contributed by atoms with Gasteiger partial charge < -0.3 is 10.1 Å². The number of esters is 1. The lowest BCUT2D eigenvalue weighted by atomic mass is 9.92. The molecule has 2 aromatic rings. The van der Waals surface area contributed by atoms with Crippen LogP contribution in [0, 0.1) is 10.1 Å². The fraction of sp³-hybridized carbons (Fsp3) is 0.333. The number of para-hydroxylation sites is 1. The van der Waals surface area contributed by atoms with Crippen molar-refractivity contribution in [2.45, 2.75) is 39.5 Å². The van der Waals surface area contributed by atoms with Crippen molar-refractivity contribution < 1.29 is 19.2 Å². The molecule has 7 nitrogen and oxygen atoms in total. The second-order valence-electron chi connectivity index (χ2n) is 7.17. The number of nitro groups is 1. The Balaban J connectivity index is 2.11. The van der Waals surface area contributed by atoms with Crippen molar-refractivity contribution in [3.63, 3.8) is 0 Å². The lowest BCUT2D eigenvalue weighted by molar-refractivity contribution is -0.384. The molecule has 2 rings (SSSR count). The number of carbonyl (C=O) groups excluding carboxylic acids is 2. The Hall–Kier alpha value is -2.93. The highest BCUT2D eigenvalue weighted by atomic mass is 35.5. The van der Waals surface area contributed by atoms with Crippen LogP contribution in [0.3, 0.4) is 0 Å². The van der Waals surface area contributed by atoms with E-state index in [0.29, 0.717) is 0 Å². The lowest BCUT2D eigenvalue weighted by Crippen LogP contribution is -2.23. The van der Waals surface area contributed by atoms with E-state index in [2.05, 4.69) is 5.32 Å². The molecule has 0 aliphatic rings. The lowest BCUT2D eigenvalue weighted by Gasteiger charge is -2.20. The number of carbonyl (C=O) groups is 2. The number of hydrogen-bond donors (Lipinski definition) is 1. The Morgan fingerprint density at radius 2 is 1.69 bits per heavy atom. The van der Waals surface area contributed by atoms with Crippen LogP contribution in [-0.2, 0) is 9.53 Å². The first-order valence-corrected chi connectivity index (χ1v) is 9.53. The average molecular weight is 419 g/mol. The largest absolute Gasteiger partial charge is 0.452 e. The maximum Gasteiger partial charge on any atom is 0.340 e. The van der Waals surface area contributed by atoms with Gasteiger partial charge in [0.05, 0.1) is 15.5 Å². The number of nitrogens with one attached hydrogen (secondary N) is 1. The van der Waals surface area contributed by atoms with Gasteiger partial charge in [-0.05, 0) is 29.0 Å². The van der Waals surface area contributed by atoms with Gasteiger partial charge in [-0.25, -0.2) is 4.79 Å². The molecule has 2 aromatic carbocycles. The molecule has 0 unspecified atom stereocenters. The number of ether oxygens (including phenoxy) is 1. The van der Waals surface area contributed by atoms with Gasteiger partial charge in [-0.1, -0.05) is 57.5 Å². The quantitative estimate of drug-likeness (QED) is 0.374. The molecule has 1 amide bonds. The standard InChI is InChI=1S/C21H23ClN2O5/c1-12(2)15-6-5-7-16(13(3)4)20(15)23-19(25)11-29-21(26)17-9-8-14(24(27)28)10-18(17)22/h5-10,12-13H,11H2,1-4H3,(H,23,25). The van der Waals surface area contributed by atoms with E-state index < -0.39 is 23.4 Å². The van der Waals surface area contributed by atoms with E-state index in [0.717, 1.165) is 28.9 Å². The molecule has 0 bridgehead atoms. The number of nitrogens with zero attached hydrogens (tertiary/aromatic N) is 1. The number of rotatable bonds is 7. The molecule has 1 N–H and O–H groups in total. The summed E-state index contributed by atoms with van der Waals surface area (Å²) in [5, 5.41) is 13.5. The van der Waals surface area contributed by atoms with Crippen LogP contribution >= 0.6 is 11.6 Å². The van der Waals surface area contributed by atoms with Crippen molar-refractivity contribution in [3.8, 4) is 0 Å². The minimum absolute atomic E-state index is 0.0458. The fourth-order valence-electron chi connectivity index (χ4n) is 2.86. The third kappa shape index (κ3) is 5.54. The zero-order chi connectivity index (χ0) is 21.7. The molecular formula is C21H23ClN2O5. The molecule has 0 fully saturated rings. The first-order valence-electron chi connectivity index (χ1n) is 9.15. The highest BCUT2D eigenvalue weighted by molar-refractivity contribution is 6.33. The second-order valence-corrected chi connectivity index (χ2v) is 7.57. The predicted molar refractivity (Wildman–Crippen MR) is 112 cm³/mol. The van der Waals surface area contributed by atoms with E-state index >= 15 is 0 Å². The molecule has 0 aliphatic carbocycles. The third-order valence-corrected chi connectivity index (χ3v) is 4.67. The Labute approximate surface area is 174 Å². The fourth-order valence-corrected chi connectivity index (χ4v) is 3.11. The van der Waals surface area contributed by atoms with Gasteiger partial charge in [-0.3, -0.25) is 14.9 Å². The molecule has 0 radical (unpaired) electrons. The van der Waals surface area contributed by atoms with Crippen LogP contribution in [0.15, 0.2) is 36.4 Å². The molecular weight excluding hydrogens is 396 g/mol. The van der Waals surface area contributed by atoms with Crippen molar-refractivity contribution in [3.05, 3.63) is 68.2 Å². The Morgan fingerprint density at radius 1 is 1.10 bits per heavy atom. The van der Waals surface area contributed by atoms with Gasteiger partial charge >= 0.3 is 5.97 Å². The van der Waals surface area contributed by atoms with Gasteiger partial charge in [0, 0.05) is 17.8 Å². The molecule has 0 atom stereocenters. The summed E-state index contributed by atoms with van der Waals surface area (Å²) in [6.45, 7) is 7.63. The number of non-ortho nitro benzene ring substituents is 1.